The fourth-order valence-electron chi connectivity index (χ4n) is 1.07. The van der Waals surface area contributed by atoms with E-state index in [0.717, 1.165) is 0 Å². The van der Waals surface area contributed by atoms with Gasteiger partial charge in [-0.1, -0.05) is 5.16 Å². The summed E-state index contributed by atoms with van der Waals surface area (Å²) in [5.41, 5.74) is 0.930. The van der Waals surface area contributed by atoms with Gasteiger partial charge in [-0.25, -0.2) is 8.78 Å². The molecule has 0 radical (unpaired) electrons. The number of nitrogens with zero attached hydrogens (tertiary/aromatic N) is 1. The monoisotopic (exact) mass is 259 g/mol. The second-order valence-electron chi connectivity index (χ2n) is 2.67. The van der Waals surface area contributed by atoms with Gasteiger partial charge in [-0.05, 0) is 33.6 Å². The van der Waals surface area contributed by atoms with Gasteiger partial charge in [-0.2, -0.15) is 0 Å². The lowest BCUT2D eigenvalue weighted by molar-refractivity contribution is 0.420. The molecule has 0 bridgehead atoms. The van der Waals surface area contributed by atoms with Gasteiger partial charge in [0, 0.05) is 5.56 Å². The predicted molar refractivity (Wildman–Crippen MR) is 49.6 cm³/mol. The van der Waals surface area contributed by atoms with Crippen LogP contribution < -0.4 is 0 Å². The maximum absolute atomic E-state index is 13.1. The summed E-state index contributed by atoms with van der Waals surface area (Å²) in [6, 6.07) is 2.42. The molecule has 0 unspecified atom stereocenters. The topological polar surface area (TPSA) is 26.0 Å². The van der Waals surface area contributed by atoms with Crippen LogP contribution in [-0.2, 0) is 0 Å². The van der Waals surface area contributed by atoms with E-state index in [0.29, 0.717) is 11.1 Å². The first kappa shape index (κ1) is 9.33. The predicted octanol–water partition coefficient (Wildman–Crippen LogP) is 3.38. The van der Waals surface area contributed by atoms with E-state index in [1.807, 2.05) is 0 Å². The average Bonchev–Trinajstić information content (AvgIpc) is 2.66. The largest absolute Gasteiger partial charge is 0.364 e. The Bertz CT molecular complexity index is 433. The van der Waals surface area contributed by atoms with Gasteiger partial charge in [0.05, 0.1) is 10.7 Å². The van der Waals surface area contributed by atoms with Crippen molar-refractivity contribution < 1.29 is 13.3 Å². The van der Waals surface area contributed by atoms with E-state index in [9.17, 15) is 8.78 Å². The zero-order valence-corrected chi connectivity index (χ0v) is 8.38. The SMILES string of the molecule is Fc1cc(-c2cnoc2)cc(F)c1Br. The van der Waals surface area contributed by atoms with Gasteiger partial charge in [0.25, 0.3) is 0 Å². The zero-order valence-electron chi connectivity index (χ0n) is 6.80. The van der Waals surface area contributed by atoms with E-state index in [4.69, 9.17) is 0 Å². The molecule has 14 heavy (non-hydrogen) atoms. The lowest BCUT2D eigenvalue weighted by Gasteiger charge is -2.00. The van der Waals surface area contributed by atoms with Gasteiger partial charge >= 0.3 is 0 Å². The van der Waals surface area contributed by atoms with Crippen molar-refractivity contribution in [2.75, 3.05) is 0 Å². The van der Waals surface area contributed by atoms with Gasteiger partial charge in [-0.15, -0.1) is 0 Å². The van der Waals surface area contributed by atoms with E-state index in [1.54, 1.807) is 0 Å². The van der Waals surface area contributed by atoms with Crippen molar-refractivity contribution in [3.8, 4) is 11.1 Å². The van der Waals surface area contributed by atoms with Crippen LogP contribution in [0.4, 0.5) is 8.78 Å². The highest BCUT2D eigenvalue weighted by molar-refractivity contribution is 9.10. The molecule has 0 saturated heterocycles. The Morgan fingerprint density at radius 3 is 2.29 bits per heavy atom. The van der Waals surface area contributed by atoms with Crippen LogP contribution in [0.25, 0.3) is 11.1 Å². The van der Waals surface area contributed by atoms with Gasteiger partial charge in [0.1, 0.15) is 17.9 Å². The summed E-state index contributed by atoms with van der Waals surface area (Å²) < 4.78 is 30.6. The van der Waals surface area contributed by atoms with E-state index >= 15 is 0 Å². The van der Waals surface area contributed by atoms with Crippen molar-refractivity contribution >= 4 is 15.9 Å². The minimum Gasteiger partial charge on any atom is -0.364 e. The second kappa shape index (κ2) is 3.49. The summed E-state index contributed by atoms with van der Waals surface area (Å²) in [7, 11) is 0. The Hall–Kier alpha value is -1.23. The van der Waals surface area contributed by atoms with E-state index in [2.05, 4.69) is 25.6 Å². The van der Waals surface area contributed by atoms with Gasteiger partial charge in [0.15, 0.2) is 0 Å². The molecule has 1 aromatic carbocycles. The Labute approximate surface area is 86.7 Å². The fraction of sp³-hybridized carbons (Fsp3) is 0. The summed E-state index contributed by atoms with van der Waals surface area (Å²) in [6.07, 6.45) is 2.71. The van der Waals surface area contributed by atoms with Crippen molar-refractivity contribution in [2.45, 2.75) is 0 Å². The van der Waals surface area contributed by atoms with Crippen molar-refractivity contribution in [3.05, 3.63) is 40.7 Å². The number of hydrogen-bond acceptors (Lipinski definition) is 2. The molecule has 0 fully saturated rings. The average molecular weight is 260 g/mol. The molecule has 5 heteroatoms. The number of rotatable bonds is 1. The Kier molecular flexibility index (Phi) is 2.33. The van der Waals surface area contributed by atoms with Crippen LogP contribution in [0.3, 0.4) is 0 Å². The number of hydrogen-bond donors (Lipinski definition) is 0. The molecule has 0 aliphatic heterocycles. The molecule has 2 rings (SSSR count). The van der Waals surface area contributed by atoms with Crippen LogP contribution in [0.5, 0.6) is 0 Å². The molecule has 1 aromatic heterocycles. The molecule has 0 spiro atoms. The molecule has 1 heterocycles. The number of benzene rings is 1. The lowest BCUT2D eigenvalue weighted by Crippen LogP contribution is -1.86. The third-order valence-electron chi connectivity index (χ3n) is 1.75. The van der Waals surface area contributed by atoms with Crippen LogP contribution in [0, 0.1) is 11.6 Å². The van der Waals surface area contributed by atoms with E-state index in [-0.39, 0.29) is 4.47 Å². The minimum atomic E-state index is -0.652. The summed E-state index contributed by atoms with van der Waals surface area (Å²) in [6.45, 7) is 0. The van der Waals surface area contributed by atoms with E-state index in [1.165, 1.54) is 24.6 Å². The molecule has 0 saturated carbocycles. The van der Waals surface area contributed by atoms with Crippen molar-refractivity contribution in [1.29, 1.82) is 0 Å². The Morgan fingerprint density at radius 2 is 1.79 bits per heavy atom. The zero-order chi connectivity index (χ0) is 10.1. The van der Waals surface area contributed by atoms with Crippen LogP contribution in [0.15, 0.2) is 33.6 Å². The summed E-state index contributed by atoms with van der Waals surface area (Å²) in [5, 5.41) is 3.45. The molecular weight excluding hydrogens is 256 g/mol. The van der Waals surface area contributed by atoms with Gasteiger partial charge in [0.2, 0.25) is 0 Å². The molecule has 2 nitrogen and oxygen atoms in total. The minimum absolute atomic E-state index is 0.169. The molecule has 0 atom stereocenters. The molecule has 0 N–H and O–H groups in total. The Morgan fingerprint density at radius 1 is 1.14 bits per heavy atom. The lowest BCUT2D eigenvalue weighted by atomic mass is 10.1. The molecular formula is C9H4BrF2NO. The molecule has 0 amide bonds. The molecule has 0 aliphatic carbocycles. The van der Waals surface area contributed by atoms with Crippen molar-refractivity contribution in [3.63, 3.8) is 0 Å². The van der Waals surface area contributed by atoms with Gasteiger partial charge < -0.3 is 4.52 Å². The quantitative estimate of drug-likeness (QED) is 0.734. The highest BCUT2D eigenvalue weighted by atomic mass is 79.9. The molecule has 2 aromatic rings. The van der Waals surface area contributed by atoms with Crippen molar-refractivity contribution in [2.24, 2.45) is 0 Å². The van der Waals surface area contributed by atoms with Crippen molar-refractivity contribution in [1.82, 2.24) is 5.16 Å². The fourth-order valence-corrected chi connectivity index (χ4v) is 1.30. The third kappa shape index (κ3) is 1.55. The maximum Gasteiger partial charge on any atom is 0.140 e. The second-order valence-corrected chi connectivity index (χ2v) is 3.46. The van der Waals surface area contributed by atoms with E-state index < -0.39 is 11.6 Å². The third-order valence-corrected chi connectivity index (χ3v) is 2.51. The number of halogens is 3. The normalized spacial score (nSPS) is 10.5. The smallest absolute Gasteiger partial charge is 0.140 e. The first-order valence-corrected chi connectivity index (χ1v) is 4.52. The van der Waals surface area contributed by atoms with Crippen LogP contribution in [-0.4, -0.2) is 5.16 Å². The summed E-state index contributed by atoms with van der Waals surface area (Å²) in [4.78, 5) is 0. The molecule has 0 aliphatic rings. The molecule has 72 valence electrons. The van der Waals surface area contributed by atoms with Crippen LogP contribution in [0.2, 0.25) is 0 Å². The summed E-state index contributed by atoms with van der Waals surface area (Å²) >= 11 is 2.79. The summed E-state index contributed by atoms with van der Waals surface area (Å²) in [5.74, 6) is -1.30. The van der Waals surface area contributed by atoms with Crippen LogP contribution >= 0.6 is 15.9 Å². The van der Waals surface area contributed by atoms with Gasteiger partial charge in [-0.3, -0.25) is 0 Å². The highest BCUT2D eigenvalue weighted by Gasteiger charge is 2.10. The highest BCUT2D eigenvalue weighted by Crippen LogP contribution is 2.26. The first-order valence-electron chi connectivity index (χ1n) is 3.73. The first-order chi connectivity index (χ1) is 6.68. The maximum atomic E-state index is 13.1. The van der Waals surface area contributed by atoms with Crippen LogP contribution in [0.1, 0.15) is 0 Å². The number of aromatic nitrogens is 1. The standard InChI is InChI=1S/C9H4BrF2NO/c10-9-7(11)1-5(2-8(9)12)6-3-13-14-4-6/h1-4H. The Balaban J connectivity index is 2.57.